The van der Waals surface area contributed by atoms with E-state index < -0.39 is 9.05 Å². The molecule has 0 bridgehead atoms. The molecule has 0 radical (unpaired) electrons. The van der Waals surface area contributed by atoms with E-state index in [4.69, 9.17) is 20.2 Å². The number of hydrogen-bond donors (Lipinski definition) is 0. The second kappa shape index (κ2) is 6.85. The normalized spacial score (nSPS) is 16.7. The molecule has 1 saturated heterocycles. The van der Waals surface area contributed by atoms with Crippen molar-refractivity contribution in [3.63, 3.8) is 0 Å². The van der Waals surface area contributed by atoms with Crippen LogP contribution in [0.2, 0.25) is 0 Å². The van der Waals surface area contributed by atoms with Crippen molar-refractivity contribution in [2.24, 2.45) is 0 Å². The Morgan fingerprint density at radius 3 is 2.33 bits per heavy atom. The van der Waals surface area contributed by atoms with E-state index in [1.807, 2.05) is 0 Å². The standard InChI is InChI=1S/C14H20ClNO4S/c1-19-12-7-6-11(10-16-8-4-3-5-9-16)14(13(12)20-2)21(15,17)18/h6-7H,3-5,8-10H2,1-2H3. The molecule has 1 heterocycles. The van der Waals surface area contributed by atoms with Gasteiger partial charge in [-0.3, -0.25) is 4.90 Å². The van der Waals surface area contributed by atoms with Gasteiger partial charge in [0.2, 0.25) is 0 Å². The molecule has 0 N–H and O–H groups in total. The molecule has 1 aromatic rings. The van der Waals surface area contributed by atoms with Crippen LogP contribution in [0.5, 0.6) is 11.5 Å². The highest BCUT2D eigenvalue weighted by atomic mass is 35.7. The monoisotopic (exact) mass is 333 g/mol. The lowest BCUT2D eigenvalue weighted by molar-refractivity contribution is 0.218. The van der Waals surface area contributed by atoms with Crippen LogP contribution < -0.4 is 9.47 Å². The van der Waals surface area contributed by atoms with E-state index in [0.717, 1.165) is 25.9 Å². The molecular formula is C14H20ClNO4S. The third-order valence-electron chi connectivity index (χ3n) is 3.67. The Morgan fingerprint density at radius 1 is 1.14 bits per heavy atom. The fourth-order valence-corrected chi connectivity index (χ4v) is 4.05. The van der Waals surface area contributed by atoms with Crippen molar-refractivity contribution < 1.29 is 17.9 Å². The minimum absolute atomic E-state index is 0.0107. The first-order valence-electron chi connectivity index (χ1n) is 6.88. The van der Waals surface area contributed by atoms with Crippen molar-refractivity contribution in [2.45, 2.75) is 30.7 Å². The molecule has 1 aliphatic rings. The van der Waals surface area contributed by atoms with E-state index in [2.05, 4.69) is 4.90 Å². The fourth-order valence-electron chi connectivity index (χ4n) is 2.69. The number of benzene rings is 1. The van der Waals surface area contributed by atoms with Crippen molar-refractivity contribution >= 4 is 19.7 Å². The SMILES string of the molecule is COc1ccc(CN2CCCCC2)c(S(=O)(=O)Cl)c1OC. The molecular weight excluding hydrogens is 314 g/mol. The maximum absolute atomic E-state index is 12.0. The minimum Gasteiger partial charge on any atom is -0.493 e. The average molecular weight is 334 g/mol. The third kappa shape index (κ3) is 3.81. The van der Waals surface area contributed by atoms with Crippen molar-refractivity contribution in [3.05, 3.63) is 17.7 Å². The van der Waals surface area contributed by atoms with Crippen LogP contribution in [0.15, 0.2) is 17.0 Å². The molecule has 0 aliphatic carbocycles. The first-order valence-corrected chi connectivity index (χ1v) is 9.19. The maximum Gasteiger partial charge on any atom is 0.265 e. The van der Waals surface area contributed by atoms with Gasteiger partial charge < -0.3 is 9.47 Å². The summed E-state index contributed by atoms with van der Waals surface area (Å²) in [4.78, 5) is 2.24. The van der Waals surface area contributed by atoms with E-state index in [0.29, 0.717) is 17.9 Å². The summed E-state index contributed by atoms with van der Waals surface area (Å²) >= 11 is 0. The number of halogens is 1. The average Bonchev–Trinajstić information content (AvgIpc) is 2.46. The van der Waals surface area contributed by atoms with E-state index in [9.17, 15) is 8.42 Å². The van der Waals surface area contributed by atoms with Gasteiger partial charge in [0.15, 0.2) is 11.5 Å². The van der Waals surface area contributed by atoms with E-state index in [1.165, 1.54) is 20.6 Å². The third-order valence-corrected chi connectivity index (χ3v) is 5.07. The van der Waals surface area contributed by atoms with Gasteiger partial charge in [0.25, 0.3) is 9.05 Å². The molecule has 1 fully saturated rings. The first-order chi connectivity index (χ1) is 9.97. The molecule has 0 atom stereocenters. The molecule has 0 amide bonds. The lowest BCUT2D eigenvalue weighted by Gasteiger charge is -2.27. The highest BCUT2D eigenvalue weighted by Gasteiger charge is 2.26. The number of nitrogens with zero attached hydrogens (tertiary/aromatic N) is 1. The molecule has 1 aliphatic heterocycles. The van der Waals surface area contributed by atoms with Crippen LogP contribution >= 0.6 is 10.7 Å². The molecule has 1 aromatic carbocycles. The summed E-state index contributed by atoms with van der Waals surface area (Å²) in [5, 5.41) is 0. The molecule has 0 saturated carbocycles. The lowest BCUT2D eigenvalue weighted by Crippen LogP contribution is -2.29. The largest absolute Gasteiger partial charge is 0.493 e. The van der Waals surface area contributed by atoms with Crippen LogP contribution in [0.25, 0.3) is 0 Å². The van der Waals surface area contributed by atoms with Crippen LogP contribution in [0.4, 0.5) is 0 Å². The number of ether oxygens (including phenoxy) is 2. The molecule has 7 heteroatoms. The quantitative estimate of drug-likeness (QED) is 0.775. The molecule has 0 unspecified atom stereocenters. The summed E-state index contributed by atoms with van der Waals surface area (Å²) in [6.45, 7) is 2.48. The van der Waals surface area contributed by atoms with Crippen molar-refractivity contribution in [1.82, 2.24) is 4.90 Å². The second-order valence-electron chi connectivity index (χ2n) is 5.06. The van der Waals surface area contributed by atoms with Gasteiger partial charge >= 0.3 is 0 Å². The summed E-state index contributed by atoms with van der Waals surface area (Å²) in [7, 11) is 4.57. The smallest absolute Gasteiger partial charge is 0.265 e. The lowest BCUT2D eigenvalue weighted by atomic mass is 10.1. The van der Waals surface area contributed by atoms with Crippen LogP contribution in [0.3, 0.4) is 0 Å². The number of hydrogen-bond acceptors (Lipinski definition) is 5. The van der Waals surface area contributed by atoms with Crippen LogP contribution in [-0.2, 0) is 15.6 Å². The number of rotatable bonds is 5. The van der Waals surface area contributed by atoms with Crippen molar-refractivity contribution in [3.8, 4) is 11.5 Å². The molecule has 118 valence electrons. The molecule has 5 nitrogen and oxygen atoms in total. The van der Waals surface area contributed by atoms with Crippen LogP contribution in [0.1, 0.15) is 24.8 Å². The van der Waals surface area contributed by atoms with Gasteiger partial charge in [0.05, 0.1) is 14.2 Å². The Balaban J connectivity index is 2.44. The zero-order chi connectivity index (χ0) is 15.5. The van der Waals surface area contributed by atoms with Gasteiger partial charge in [0, 0.05) is 17.2 Å². The minimum atomic E-state index is -3.92. The Hall–Kier alpha value is -0.980. The van der Waals surface area contributed by atoms with E-state index >= 15 is 0 Å². The van der Waals surface area contributed by atoms with Crippen molar-refractivity contribution in [2.75, 3.05) is 27.3 Å². The van der Waals surface area contributed by atoms with E-state index in [1.54, 1.807) is 12.1 Å². The van der Waals surface area contributed by atoms with Gasteiger partial charge in [-0.1, -0.05) is 12.5 Å². The predicted molar refractivity (Wildman–Crippen MR) is 81.7 cm³/mol. The summed E-state index contributed by atoms with van der Waals surface area (Å²) < 4.78 is 34.3. The molecule has 21 heavy (non-hydrogen) atoms. The van der Waals surface area contributed by atoms with Crippen LogP contribution in [-0.4, -0.2) is 40.6 Å². The predicted octanol–water partition coefficient (Wildman–Crippen LogP) is 2.62. The Kier molecular flexibility index (Phi) is 5.35. The maximum atomic E-state index is 12.0. The van der Waals surface area contributed by atoms with E-state index in [-0.39, 0.29) is 10.6 Å². The van der Waals surface area contributed by atoms with Gasteiger partial charge in [-0.25, -0.2) is 8.42 Å². The summed E-state index contributed by atoms with van der Waals surface area (Å²) in [6, 6.07) is 3.45. The Morgan fingerprint density at radius 2 is 1.81 bits per heavy atom. The molecule has 0 spiro atoms. The Labute approximate surface area is 130 Å². The molecule has 2 rings (SSSR count). The zero-order valence-electron chi connectivity index (χ0n) is 12.3. The number of piperidine rings is 1. The zero-order valence-corrected chi connectivity index (χ0v) is 13.8. The molecule has 0 aromatic heterocycles. The summed E-state index contributed by atoms with van der Waals surface area (Å²) in [6.07, 6.45) is 3.50. The number of methoxy groups -OCH3 is 2. The second-order valence-corrected chi connectivity index (χ2v) is 7.57. The van der Waals surface area contributed by atoms with Crippen LogP contribution in [0, 0.1) is 0 Å². The summed E-state index contributed by atoms with van der Waals surface area (Å²) in [5.74, 6) is 0.529. The van der Waals surface area contributed by atoms with Gasteiger partial charge in [0.1, 0.15) is 4.90 Å². The Bertz CT molecular complexity index is 597. The highest BCUT2D eigenvalue weighted by Crippen LogP contribution is 2.39. The van der Waals surface area contributed by atoms with Gasteiger partial charge in [-0.15, -0.1) is 0 Å². The highest BCUT2D eigenvalue weighted by molar-refractivity contribution is 8.13. The van der Waals surface area contributed by atoms with Crippen molar-refractivity contribution in [1.29, 1.82) is 0 Å². The fraction of sp³-hybridized carbons (Fsp3) is 0.571. The summed E-state index contributed by atoms with van der Waals surface area (Å²) in [5.41, 5.74) is 0.643. The van der Waals surface area contributed by atoms with Gasteiger partial charge in [-0.2, -0.15) is 0 Å². The first kappa shape index (κ1) is 16.4. The van der Waals surface area contributed by atoms with Gasteiger partial charge in [-0.05, 0) is 37.6 Å². The number of likely N-dealkylation sites (tertiary alicyclic amines) is 1. The topological polar surface area (TPSA) is 55.8 Å².